The fourth-order valence-electron chi connectivity index (χ4n) is 1.11. The van der Waals surface area contributed by atoms with E-state index < -0.39 is 6.02 Å². The minimum Gasteiger partial charge on any atom is -0.347 e. The summed E-state index contributed by atoms with van der Waals surface area (Å²) in [6.07, 6.45) is 5.15. The number of fused-ring (bicyclic) bond motifs is 1. The van der Waals surface area contributed by atoms with Crippen molar-refractivity contribution in [2.45, 2.75) is 19.4 Å². The molecule has 0 bridgehead atoms. The molecule has 1 heteroatoms. The Hall–Kier alpha value is -1.24. The molecule has 0 saturated heterocycles. The largest absolute Gasteiger partial charge is 0.347 e. The summed E-state index contributed by atoms with van der Waals surface area (Å²) in [7, 11) is 0. The zero-order chi connectivity index (χ0) is 12.8. The predicted octanol–water partition coefficient (Wildman–Crippen LogP) is 2.60. The molecule has 2 aliphatic heterocycles. The van der Waals surface area contributed by atoms with E-state index in [9.17, 15) is 0 Å². The molecular formula is C11H13N. The molecule has 0 saturated carbocycles. The van der Waals surface area contributed by atoms with Gasteiger partial charge in [0.25, 0.3) is 0 Å². The molecule has 12 heavy (non-hydrogen) atoms. The van der Waals surface area contributed by atoms with E-state index in [1.165, 1.54) is 4.90 Å². The lowest BCUT2D eigenvalue weighted by molar-refractivity contribution is 0.426. The lowest BCUT2D eigenvalue weighted by atomic mass is 10.1. The second-order valence-electron chi connectivity index (χ2n) is 2.77. The van der Waals surface area contributed by atoms with Gasteiger partial charge in [-0.15, -0.1) is 0 Å². The van der Waals surface area contributed by atoms with Gasteiger partial charge in [-0.2, -0.15) is 0 Å². The van der Waals surface area contributed by atoms with Crippen molar-refractivity contribution in [2.75, 3.05) is 0 Å². The Morgan fingerprint density at radius 2 is 2.58 bits per heavy atom. The van der Waals surface area contributed by atoms with Gasteiger partial charge in [-0.05, 0) is 25.5 Å². The van der Waals surface area contributed by atoms with Crippen LogP contribution in [0.1, 0.15) is 20.2 Å². The summed E-state index contributed by atoms with van der Waals surface area (Å²) in [5.41, 5.74) is 0.949. The molecule has 1 nitrogen and oxygen atoms in total. The smallest absolute Gasteiger partial charge is 0.0818 e. The summed E-state index contributed by atoms with van der Waals surface area (Å²) in [6, 6.07) is -2.33. The highest BCUT2D eigenvalue weighted by Crippen LogP contribution is 2.17. The third-order valence-electron chi connectivity index (χ3n) is 1.84. The fraction of sp³-hybridized carbons (Fsp3) is 0.273. The van der Waals surface area contributed by atoms with Gasteiger partial charge in [0.15, 0.2) is 0 Å². The molecule has 0 fully saturated rings. The van der Waals surface area contributed by atoms with Gasteiger partial charge in [0, 0.05) is 12.4 Å². The van der Waals surface area contributed by atoms with Gasteiger partial charge < -0.3 is 4.90 Å². The van der Waals surface area contributed by atoms with Crippen molar-refractivity contribution in [1.82, 2.24) is 4.90 Å². The van der Waals surface area contributed by atoms with Crippen molar-refractivity contribution in [1.29, 1.82) is 0 Å². The molecule has 0 amide bonds. The Kier molecular flexibility index (Phi) is 0.917. The topological polar surface area (TPSA) is 3.24 Å². The molecule has 0 aromatic carbocycles. The SMILES string of the molecule is [2H]C1=C([2H])N2C=CC(C)=CCC2([2H])C([2H])=C1[2H]. The molecule has 0 aliphatic carbocycles. The van der Waals surface area contributed by atoms with Crippen LogP contribution in [0.2, 0.25) is 0 Å². The molecule has 0 N–H and O–H groups in total. The minimum absolute atomic E-state index is 0.194. The van der Waals surface area contributed by atoms with Gasteiger partial charge >= 0.3 is 0 Å². The van der Waals surface area contributed by atoms with Gasteiger partial charge in [0.1, 0.15) is 0 Å². The summed E-state index contributed by atoms with van der Waals surface area (Å²) in [5.74, 6) is 0. The van der Waals surface area contributed by atoms with Crippen LogP contribution in [0.5, 0.6) is 0 Å². The van der Waals surface area contributed by atoms with Crippen molar-refractivity contribution < 1.29 is 6.85 Å². The summed E-state index contributed by atoms with van der Waals surface area (Å²) >= 11 is 0. The number of hydrogen-bond donors (Lipinski definition) is 0. The Morgan fingerprint density at radius 1 is 1.67 bits per heavy atom. The lowest BCUT2D eigenvalue weighted by Gasteiger charge is -2.24. The van der Waals surface area contributed by atoms with Gasteiger partial charge in [-0.25, -0.2) is 0 Å². The maximum absolute atomic E-state index is 8.29. The van der Waals surface area contributed by atoms with Crippen LogP contribution in [-0.4, -0.2) is 10.9 Å². The third-order valence-corrected chi connectivity index (χ3v) is 1.84. The van der Waals surface area contributed by atoms with Crippen LogP contribution in [0.4, 0.5) is 0 Å². The molecule has 62 valence electrons. The fourth-order valence-corrected chi connectivity index (χ4v) is 1.11. The quantitative estimate of drug-likeness (QED) is 0.532. The molecule has 0 radical (unpaired) electrons. The summed E-state index contributed by atoms with van der Waals surface area (Å²) < 4.78 is 39.2. The molecular weight excluding hydrogens is 146 g/mol. The van der Waals surface area contributed by atoms with E-state index >= 15 is 0 Å². The first-order valence-electron chi connectivity index (χ1n) is 6.38. The number of hydrogen-bond acceptors (Lipinski definition) is 1. The standard InChI is InChI=1S/C11H13N/c1-10-5-6-11-4-2-3-8-12(11)9-7-10/h2-5,7-9,11H,6H2,1H3/i2D,3D,4D,8D,11D. The zero-order valence-electron chi connectivity index (χ0n) is 11.9. The van der Waals surface area contributed by atoms with Crippen LogP contribution < -0.4 is 0 Å². The second kappa shape index (κ2) is 3.02. The van der Waals surface area contributed by atoms with Crippen LogP contribution in [0.25, 0.3) is 0 Å². The highest BCUT2D eigenvalue weighted by molar-refractivity contribution is 5.25. The summed E-state index contributed by atoms with van der Waals surface area (Å²) in [5, 5.41) is 0. The number of rotatable bonds is 0. The maximum atomic E-state index is 8.29. The molecule has 2 heterocycles. The van der Waals surface area contributed by atoms with E-state index in [0.29, 0.717) is 0 Å². The van der Waals surface area contributed by atoms with E-state index in [1.54, 1.807) is 12.3 Å². The molecule has 0 spiro atoms. The minimum atomic E-state index is -1.47. The van der Waals surface area contributed by atoms with Crippen LogP contribution in [-0.2, 0) is 0 Å². The Bertz CT molecular complexity index is 488. The van der Waals surface area contributed by atoms with Crippen LogP contribution in [0, 0.1) is 0 Å². The Morgan fingerprint density at radius 3 is 3.50 bits per heavy atom. The molecule has 0 aromatic rings. The molecule has 2 rings (SSSR count). The number of allylic oxidation sites excluding steroid dienone is 4. The van der Waals surface area contributed by atoms with Crippen LogP contribution in [0.3, 0.4) is 0 Å². The predicted molar refractivity (Wildman–Crippen MR) is 51.4 cm³/mol. The normalized spacial score (nSPS) is 41.9. The van der Waals surface area contributed by atoms with E-state index in [4.69, 9.17) is 6.85 Å². The van der Waals surface area contributed by atoms with Crippen molar-refractivity contribution in [3.63, 3.8) is 0 Å². The summed E-state index contributed by atoms with van der Waals surface area (Å²) in [4.78, 5) is 1.28. The average molecular weight is 164 g/mol. The second-order valence-corrected chi connectivity index (χ2v) is 2.77. The molecule has 1 unspecified atom stereocenters. The van der Waals surface area contributed by atoms with E-state index in [1.807, 2.05) is 13.0 Å². The first-order valence-corrected chi connectivity index (χ1v) is 3.88. The first kappa shape index (κ1) is 3.65. The summed E-state index contributed by atoms with van der Waals surface area (Å²) in [6.45, 7) is 1.88. The van der Waals surface area contributed by atoms with E-state index in [0.717, 1.165) is 5.57 Å². The third kappa shape index (κ3) is 1.35. The van der Waals surface area contributed by atoms with E-state index in [2.05, 4.69) is 0 Å². The van der Waals surface area contributed by atoms with Crippen molar-refractivity contribution in [3.05, 3.63) is 48.3 Å². The Balaban J connectivity index is 2.62. The van der Waals surface area contributed by atoms with Crippen LogP contribution >= 0.6 is 0 Å². The average Bonchev–Trinajstić information content (AvgIpc) is 2.46. The number of nitrogens with zero attached hydrogens (tertiary/aromatic N) is 1. The van der Waals surface area contributed by atoms with Gasteiger partial charge in [-0.3, -0.25) is 0 Å². The first-order chi connectivity index (χ1) is 7.88. The van der Waals surface area contributed by atoms with Gasteiger partial charge in [0.05, 0.1) is 12.9 Å². The molecule has 0 aromatic heterocycles. The van der Waals surface area contributed by atoms with Gasteiger partial charge in [0.2, 0.25) is 0 Å². The maximum Gasteiger partial charge on any atom is 0.0818 e. The lowest BCUT2D eigenvalue weighted by Crippen LogP contribution is -2.24. The highest BCUT2D eigenvalue weighted by atomic mass is 15.1. The van der Waals surface area contributed by atoms with E-state index in [-0.39, 0.29) is 30.8 Å². The van der Waals surface area contributed by atoms with Crippen molar-refractivity contribution in [3.8, 4) is 0 Å². The van der Waals surface area contributed by atoms with Crippen LogP contribution in [0.15, 0.2) is 48.3 Å². The van der Waals surface area contributed by atoms with Gasteiger partial charge in [-0.1, -0.05) is 23.8 Å². The molecule has 2 aliphatic rings. The monoisotopic (exact) mass is 164 g/mol. The van der Waals surface area contributed by atoms with Crippen molar-refractivity contribution >= 4 is 0 Å². The zero-order valence-corrected chi connectivity index (χ0v) is 6.89. The highest BCUT2D eigenvalue weighted by Gasteiger charge is 2.12. The Labute approximate surface area is 80.4 Å². The molecule has 1 atom stereocenters. The van der Waals surface area contributed by atoms with Crippen molar-refractivity contribution in [2.24, 2.45) is 0 Å².